The van der Waals surface area contributed by atoms with Crippen molar-refractivity contribution >= 4 is 41.3 Å². The van der Waals surface area contributed by atoms with E-state index in [-0.39, 0.29) is 24.0 Å². The number of halogens is 4. The standard InChI is InChI=1S/C20H26F3N5S.HI/c1-24-19(25-10-7-18-27-17(14-29-18)20(21,22)23)26-16-8-11-28(12-9-16)13-15-5-3-2-4-6-15;/h2-6,14,16H,7-13H2,1H3,(H2,24,25,26);1H. The van der Waals surface area contributed by atoms with E-state index in [1.807, 2.05) is 6.07 Å². The summed E-state index contributed by atoms with van der Waals surface area (Å²) in [7, 11) is 1.70. The number of hydrogen-bond acceptors (Lipinski definition) is 4. The van der Waals surface area contributed by atoms with Crippen molar-refractivity contribution < 1.29 is 13.2 Å². The Kier molecular flexibility index (Phi) is 9.82. The Morgan fingerprint density at radius 1 is 1.23 bits per heavy atom. The molecule has 1 aliphatic heterocycles. The smallest absolute Gasteiger partial charge is 0.356 e. The summed E-state index contributed by atoms with van der Waals surface area (Å²) in [4.78, 5) is 10.3. The fraction of sp³-hybridized carbons (Fsp3) is 0.500. The van der Waals surface area contributed by atoms with Gasteiger partial charge in [0.1, 0.15) is 0 Å². The summed E-state index contributed by atoms with van der Waals surface area (Å²) in [6.07, 6.45) is -1.91. The molecule has 1 fully saturated rings. The van der Waals surface area contributed by atoms with Crippen molar-refractivity contribution in [2.45, 2.75) is 38.0 Å². The molecule has 3 rings (SSSR count). The van der Waals surface area contributed by atoms with E-state index in [0.29, 0.717) is 30.0 Å². The third-order valence-electron chi connectivity index (χ3n) is 4.87. The van der Waals surface area contributed by atoms with Crippen molar-refractivity contribution in [3.63, 3.8) is 0 Å². The van der Waals surface area contributed by atoms with Gasteiger partial charge in [-0.2, -0.15) is 13.2 Å². The zero-order valence-corrected chi connectivity index (χ0v) is 19.9. The number of aromatic nitrogens is 1. The van der Waals surface area contributed by atoms with Crippen LogP contribution < -0.4 is 10.6 Å². The number of nitrogens with zero attached hydrogens (tertiary/aromatic N) is 3. The lowest BCUT2D eigenvalue weighted by atomic mass is 10.0. The molecule has 0 amide bonds. The van der Waals surface area contributed by atoms with Crippen molar-refractivity contribution in [3.8, 4) is 0 Å². The molecule has 1 aromatic heterocycles. The molecule has 2 heterocycles. The fourth-order valence-corrected chi connectivity index (χ4v) is 4.11. The molecule has 166 valence electrons. The molecule has 2 N–H and O–H groups in total. The molecule has 1 aliphatic rings. The maximum absolute atomic E-state index is 12.6. The number of likely N-dealkylation sites (tertiary alicyclic amines) is 1. The second-order valence-corrected chi connectivity index (χ2v) is 8.00. The Morgan fingerprint density at radius 2 is 1.93 bits per heavy atom. The minimum atomic E-state index is -4.38. The van der Waals surface area contributed by atoms with Gasteiger partial charge in [-0.15, -0.1) is 35.3 Å². The molecule has 10 heteroatoms. The molecule has 0 bridgehead atoms. The lowest BCUT2D eigenvalue weighted by Crippen LogP contribution is -2.48. The number of aliphatic imine (C=N–C) groups is 1. The monoisotopic (exact) mass is 553 g/mol. The number of hydrogen-bond donors (Lipinski definition) is 2. The Balaban J connectivity index is 0.00000320. The zero-order valence-electron chi connectivity index (χ0n) is 16.8. The quantitative estimate of drug-likeness (QED) is 0.321. The van der Waals surface area contributed by atoms with Crippen LogP contribution in [0, 0.1) is 0 Å². The van der Waals surface area contributed by atoms with Crippen LogP contribution in [0.15, 0.2) is 40.7 Å². The van der Waals surface area contributed by atoms with Crippen molar-refractivity contribution in [2.24, 2.45) is 4.99 Å². The van der Waals surface area contributed by atoms with Crippen LogP contribution >= 0.6 is 35.3 Å². The van der Waals surface area contributed by atoms with Crippen LogP contribution in [0.2, 0.25) is 0 Å². The van der Waals surface area contributed by atoms with Crippen molar-refractivity contribution in [1.29, 1.82) is 0 Å². The molecule has 1 saturated heterocycles. The van der Waals surface area contributed by atoms with Gasteiger partial charge < -0.3 is 10.6 Å². The molecule has 30 heavy (non-hydrogen) atoms. The lowest BCUT2D eigenvalue weighted by molar-refractivity contribution is -0.140. The van der Waals surface area contributed by atoms with E-state index in [4.69, 9.17) is 0 Å². The summed E-state index contributed by atoms with van der Waals surface area (Å²) in [5.74, 6) is 0.680. The Bertz CT molecular complexity index is 789. The van der Waals surface area contributed by atoms with Gasteiger partial charge in [-0.25, -0.2) is 4.98 Å². The highest BCUT2D eigenvalue weighted by Crippen LogP contribution is 2.30. The third-order valence-corrected chi connectivity index (χ3v) is 5.78. The Hall–Kier alpha value is -1.40. The summed E-state index contributed by atoms with van der Waals surface area (Å²) in [5, 5.41) is 8.12. The van der Waals surface area contributed by atoms with E-state index in [1.165, 1.54) is 5.56 Å². The molecule has 0 saturated carbocycles. The summed E-state index contributed by atoms with van der Waals surface area (Å²) >= 11 is 1.04. The number of rotatable bonds is 6. The topological polar surface area (TPSA) is 52.6 Å². The number of alkyl halides is 3. The molecule has 0 unspecified atom stereocenters. The molecule has 2 aromatic rings. The number of thiazole rings is 1. The van der Waals surface area contributed by atoms with Crippen LogP contribution in [-0.2, 0) is 19.1 Å². The maximum atomic E-state index is 12.6. The second kappa shape index (κ2) is 11.8. The van der Waals surface area contributed by atoms with Crippen LogP contribution in [0.5, 0.6) is 0 Å². The largest absolute Gasteiger partial charge is 0.434 e. The fourth-order valence-electron chi connectivity index (χ4n) is 3.31. The molecule has 0 atom stereocenters. The van der Waals surface area contributed by atoms with Gasteiger partial charge in [0.15, 0.2) is 11.7 Å². The third kappa shape index (κ3) is 7.69. The van der Waals surface area contributed by atoms with Crippen LogP contribution in [0.25, 0.3) is 0 Å². The highest BCUT2D eigenvalue weighted by molar-refractivity contribution is 14.0. The molecular formula is C20H27F3IN5S. The summed E-state index contributed by atoms with van der Waals surface area (Å²) in [6, 6.07) is 10.8. The minimum absolute atomic E-state index is 0. The van der Waals surface area contributed by atoms with E-state index >= 15 is 0 Å². The Morgan fingerprint density at radius 3 is 2.53 bits per heavy atom. The summed E-state index contributed by atoms with van der Waals surface area (Å²) < 4.78 is 37.8. The van der Waals surface area contributed by atoms with E-state index < -0.39 is 11.9 Å². The van der Waals surface area contributed by atoms with Crippen molar-refractivity contribution in [2.75, 3.05) is 26.7 Å². The number of benzene rings is 1. The highest BCUT2D eigenvalue weighted by Gasteiger charge is 2.33. The highest BCUT2D eigenvalue weighted by atomic mass is 127. The molecular weight excluding hydrogens is 526 g/mol. The van der Waals surface area contributed by atoms with E-state index in [9.17, 15) is 13.2 Å². The SMILES string of the molecule is CN=C(NCCc1nc(C(F)(F)F)cs1)NC1CCN(Cc2ccccc2)CC1.I. The van der Waals surface area contributed by atoms with Gasteiger partial charge in [-0.05, 0) is 18.4 Å². The average Bonchev–Trinajstić information content (AvgIpc) is 3.19. The minimum Gasteiger partial charge on any atom is -0.356 e. The van der Waals surface area contributed by atoms with Gasteiger partial charge in [-0.1, -0.05) is 30.3 Å². The average molecular weight is 553 g/mol. The van der Waals surface area contributed by atoms with Gasteiger partial charge >= 0.3 is 6.18 Å². The lowest BCUT2D eigenvalue weighted by Gasteiger charge is -2.33. The molecule has 1 aromatic carbocycles. The van der Waals surface area contributed by atoms with Crippen molar-refractivity contribution in [1.82, 2.24) is 20.5 Å². The first-order valence-electron chi connectivity index (χ1n) is 9.69. The van der Waals surface area contributed by atoms with Crippen LogP contribution in [-0.4, -0.2) is 48.6 Å². The van der Waals surface area contributed by atoms with Gasteiger partial charge in [-0.3, -0.25) is 9.89 Å². The normalized spacial score (nSPS) is 16.2. The number of nitrogens with one attached hydrogen (secondary N) is 2. The van der Waals surface area contributed by atoms with Crippen LogP contribution in [0.4, 0.5) is 13.2 Å². The molecule has 0 spiro atoms. The second-order valence-electron chi connectivity index (χ2n) is 7.05. The first kappa shape index (κ1) is 24.9. The first-order valence-corrected chi connectivity index (χ1v) is 10.6. The van der Waals surface area contributed by atoms with Gasteiger partial charge in [0.25, 0.3) is 0 Å². The van der Waals surface area contributed by atoms with Gasteiger partial charge in [0, 0.05) is 51.1 Å². The van der Waals surface area contributed by atoms with Crippen molar-refractivity contribution in [3.05, 3.63) is 52.0 Å². The first-order chi connectivity index (χ1) is 13.9. The Labute approximate surface area is 196 Å². The predicted molar refractivity (Wildman–Crippen MR) is 125 cm³/mol. The number of guanidine groups is 1. The van der Waals surface area contributed by atoms with Gasteiger partial charge in [0.2, 0.25) is 0 Å². The molecule has 5 nitrogen and oxygen atoms in total. The van der Waals surface area contributed by atoms with Gasteiger partial charge in [0.05, 0.1) is 5.01 Å². The number of piperidine rings is 1. The van der Waals surface area contributed by atoms with Crippen LogP contribution in [0.3, 0.4) is 0 Å². The van der Waals surface area contributed by atoms with Crippen LogP contribution in [0.1, 0.15) is 29.1 Å². The molecule has 0 radical (unpaired) electrons. The summed E-state index contributed by atoms with van der Waals surface area (Å²) in [5.41, 5.74) is 0.509. The predicted octanol–water partition coefficient (Wildman–Crippen LogP) is 4.15. The van der Waals surface area contributed by atoms with E-state index in [0.717, 1.165) is 49.2 Å². The zero-order chi connectivity index (χ0) is 20.7. The van der Waals surface area contributed by atoms with E-state index in [2.05, 4.69) is 49.8 Å². The maximum Gasteiger partial charge on any atom is 0.434 e. The molecule has 0 aliphatic carbocycles. The summed E-state index contributed by atoms with van der Waals surface area (Å²) in [6.45, 7) is 3.48. The van der Waals surface area contributed by atoms with E-state index in [1.54, 1.807) is 7.05 Å².